The van der Waals surface area contributed by atoms with Crippen molar-refractivity contribution in [3.8, 4) is 5.75 Å². The molecule has 3 aromatic rings. The summed E-state index contributed by atoms with van der Waals surface area (Å²) in [6.07, 6.45) is 1.52. The minimum atomic E-state index is -0.794. The summed E-state index contributed by atoms with van der Waals surface area (Å²) in [5.74, 6) is -0.461. The number of rotatable bonds is 5. The fraction of sp³-hybridized carbons (Fsp3) is 0.286. The van der Waals surface area contributed by atoms with E-state index in [0.717, 1.165) is 11.1 Å². The number of likely N-dealkylation sites (tertiary alicyclic amines) is 1. The highest BCUT2D eigenvalue weighted by Gasteiger charge is 2.46. The fourth-order valence-corrected chi connectivity index (χ4v) is 4.26. The molecule has 1 N–H and O–H groups in total. The molecule has 2 heterocycles. The third-order valence-electron chi connectivity index (χ3n) is 6.21. The van der Waals surface area contributed by atoms with Crippen LogP contribution in [0, 0.1) is 6.92 Å². The van der Waals surface area contributed by atoms with Crippen molar-refractivity contribution in [3.05, 3.63) is 94.4 Å². The lowest BCUT2D eigenvalue weighted by Gasteiger charge is -2.25. The number of carbonyl (C=O) groups is 2. The first-order valence-corrected chi connectivity index (χ1v) is 11.2. The van der Waals surface area contributed by atoms with Crippen molar-refractivity contribution in [1.29, 1.82) is 0 Å². The standard InChI is InChI=1S/C28H29NO5/c1-17-11-12-19(28(2,3)4)15-22(17)25(30)23-24(18-8-6-9-20(14-18)33-5)29(27(32)26(23)31)16-21-10-7-13-34-21/h6-15,24,30H,16H2,1-5H3/b25-23+. The van der Waals surface area contributed by atoms with Gasteiger partial charge in [0, 0.05) is 5.56 Å². The summed E-state index contributed by atoms with van der Waals surface area (Å²) >= 11 is 0. The summed E-state index contributed by atoms with van der Waals surface area (Å²) < 4.78 is 10.8. The number of Topliss-reactive ketones (excluding diaryl/α,β-unsaturated/α-hetero) is 1. The van der Waals surface area contributed by atoms with Gasteiger partial charge in [0.1, 0.15) is 17.3 Å². The molecule has 0 bridgehead atoms. The number of hydrogen-bond acceptors (Lipinski definition) is 5. The van der Waals surface area contributed by atoms with E-state index in [9.17, 15) is 14.7 Å². The third-order valence-corrected chi connectivity index (χ3v) is 6.21. The second kappa shape index (κ2) is 8.86. The number of amides is 1. The highest BCUT2D eigenvalue weighted by atomic mass is 16.5. The van der Waals surface area contributed by atoms with Crippen molar-refractivity contribution in [3.63, 3.8) is 0 Å². The van der Waals surface area contributed by atoms with E-state index in [0.29, 0.717) is 22.6 Å². The van der Waals surface area contributed by atoms with E-state index in [1.165, 1.54) is 11.2 Å². The lowest BCUT2D eigenvalue weighted by Crippen LogP contribution is -2.29. The zero-order valence-corrected chi connectivity index (χ0v) is 20.1. The van der Waals surface area contributed by atoms with Gasteiger partial charge in [0.15, 0.2) is 0 Å². The van der Waals surface area contributed by atoms with Crippen LogP contribution in [0.5, 0.6) is 5.75 Å². The highest BCUT2D eigenvalue weighted by molar-refractivity contribution is 6.46. The number of furan rings is 1. The van der Waals surface area contributed by atoms with Crippen LogP contribution in [0.2, 0.25) is 0 Å². The van der Waals surface area contributed by atoms with Gasteiger partial charge in [-0.15, -0.1) is 0 Å². The molecule has 0 radical (unpaired) electrons. The smallest absolute Gasteiger partial charge is 0.296 e. The lowest BCUT2D eigenvalue weighted by atomic mass is 9.84. The Morgan fingerprint density at radius 1 is 1.09 bits per heavy atom. The summed E-state index contributed by atoms with van der Waals surface area (Å²) in [7, 11) is 1.56. The SMILES string of the molecule is COc1cccc(C2/C(=C(\O)c3cc(C(C)(C)C)ccc3C)C(=O)C(=O)N2Cc2ccco2)c1. The second-order valence-electron chi connectivity index (χ2n) is 9.56. The van der Waals surface area contributed by atoms with E-state index >= 15 is 0 Å². The van der Waals surface area contributed by atoms with E-state index in [4.69, 9.17) is 9.15 Å². The van der Waals surface area contributed by atoms with E-state index in [-0.39, 0.29) is 23.3 Å². The van der Waals surface area contributed by atoms with Gasteiger partial charge < -0.3 is 19.2 Å². The average Bonchev–Trinajstić information content (AvgIpc) is 3.40. The summed E-state index contributed by atoms with van der Waals surface area (Å²) in [5.41, 5.74) is 2.93. The molecule has 176 valence electrons. The number of aliphatic hydroxyl groups is 1. The number of carbonyl (C=O) groups excluding carboxylic acids is 2. The molecule has 1 fully saturated rings. The van der Waals surface area contributed by atoms with Crippen molar-refractivity contribution in [1.82, 2.24) is 4.90 Å². The molecule has 1 amide bonds. The maximum absolute atomic E-state index is 13.3. The fourth-order valence-electron chi connectivity index (χ4n) is 4.26. The Morgan fingerprint density at radius 2 is 1.85 bits per heavy atom. The first kappa shape index (κ1) is 23.4. The predicted octanol–water partition coefficient (Wildman–Crippen LogP) is 5.52. The molecule has 6 nitrogen and oxygen atoms in total. The molecular formula is C28H29NO5. The van der Waals surface area contributed by atoms with Crippen LogP contribution in [0.4, 0.5) is 0 Å². The molecule has 1 aliphatic rings. The van der Waals surface area contributed by atoms with Gasteiger partial charge in [-0.2, -0.15) is 0 Å². The number of hydrogen-bond donors (Lipinski definition) is 1. The predicted molar refractivity (Wildman–Crippen MR) is 129 cm³/mol. The average molecular weight is 460 g/mol. The van der Waals surface area contributed by atoms with Gasteiger partial charge in [0.25, 0.3) is 11.7 Å². The Labute approximate surface area is 199 Å². The number of methoxy groups -OCH3 is 1. The number of ether oxygens (including phenoxy) is 1. The molecular weight excluding hydrogens is 430 g/mol. The number of aryl methyl sites for hydroxylation is 1. The van der Waals surface area contributed by atoms with Gasteiger partial charge in [0.05, 0.1) is 31.5 Å². The second-order valence-corrected chi connectivity index (χ2v) is 9.56. The van der Waals surface area contributed by atoms with Gasteiger partial charge in [-0.05, 0) is 59.4 Å². The Balaban J connectivity index is 1.92. The van der Waals surface area contributed by atoms with Gasteiger partial charge in [-0.1, -0.05) is 45.0 Å². The summed E-state index contributed by atoms with van der Waals surface area (Å²) in [4.78, 5) is 27.9. The van der Waals surface area contributed by atoms with Crippen LogP contribution >= 0.6 is 0 Å². The number of aliphatic hydroxyl groups excluding tert-OH is 1. The minimum Gasteiger partial charge on any atom is -0.507 e. The molecule has 0 aliphatic carbocycles. The highest BCUT2D eigenvalue weighted by Crippen LogP contribution is 2.42. The van der Waals surface area contributed by atoms with Crippen LogP contribution in [0.3, 0.4) is 0 Å². The van der Waals surface area contributed by atoms with Crippen LogP contribution in [0.25, 0.3) is 5.76 Å². The molecule has 4 rings (SSSR count). The molecule has 0 saturated carbocycles. The monoisotopic (exact) mass is 459 g/mol. The lowest BCUT2D eigenvalue weighted by molar-refractivity contribution is -0.140. The van der Waals surface area contributed by atoms with Crippen molar-refractivity contribution in [2.24, 2.45) is 0 Å². The van der Waals surface area contributed by atoms with Crippen molar-refractivity contribution >= 4 is 17.4 Å². The molecule has 6 heteroatoms. The van der Waals surface area contributed by atoms with Crippen molar-refractivity contribution in [2.45, 2.75) is 45.7 Å². The quantitative estimate of drug-likeness (QED) is 0.309. The molecule has 2 aromatic carbocycles. The normalized spacial score (nSPS) is 17.9. The molecule has 0 spiro atoms. The maximum Gasteiger partial charge on any atom is 0.296 e. The first-order chi connectivity index (χ1) is 16.1. The van der Waals surface area contributed by atoms with Crippen LogP contribution in [0.1, 0.15) is 54.8 Å². The Bertz CT molecular complexity index is 1260. The van der Waals surface area contributed by atoms with Crippen molar-refractivity contribution in [2.75, 3.05) is 7.11 Å². The van der Waals surface area contributed by atoms with Crippen LogP contribution in [-0.2, 0) is 21.5 Å². The van der Waals surface area contributed by atoms with E-state index in [2.05, 4.69) is 20.8 Å². The zero-order chi connectivity index (χ0) is 24.6. The van der Waals surface area contributed by atoms with Crippen LogP contribution in [-0.4, -0.2) is 28.8 Å². The molecule has 1 atom stereocenters. The minimum absolute atomic E-state index is 0.0546. The Kier molecular flexibility index (Phi) is 6.09. The number of nitrogens with zero attached hydrogens (tertiary/aromatic N) is 1. The topological polar surface area (TPSA) is 80.0 Å². The first-order valence-electron chi connectivity index (χ1n) is 11.2. The number of benzene rings is 2. The molecule has 1 saturated heterocycles. The van der Waals surface area contributed by atoms with E-state index < -0.39 is 17.7 Å². The largest absolute Gasteiger partial charge is 0.507 e. The Morgan fingerprint density at radius 3 is 2.50 bits per heavy atom. The van der Waals surface area contributed by atoms with Crippen LogP contribution < -0.4 is 4.74 Å². The van der Waals surface area contributed by atoms with Gasteiger partial charge in [-0.25, -0.2) is 0 Å². The maximum atomic E-state index is 13.3. The summed E-state index contributed by atoms with van der Waals surface area (Å²) in [5, 5.41) is 11.5. The summed E-state index contributed by atoms with van der Waals surface area (Å²) in [6.45, 7) is 8.22. The number of ketones is 1. The van der Waals surface area contributed by atoms with Crippen LogP contribution in [0.15, 0.2) is 70.9 Å². The molecule has 1 aliphatic heterocycles. The molecule has 34 heavy (non-hydrogen) atoms. The molecule has 1 unspecified atom stereocenters. The van der Waals surface area contributed by atoms with E-state index in [1.54, 1.807) is 37.4 Å². The van der Waals surface area contributed by atoms with Gasteiger partial charge in [-0.3, -0.25) is 9.59 Å². The van der Waals surface area contributed by atoms with Gasteiger partial charge >= 0.3 is 0 Å². The summed E-state index contributed by atoms with van der Waals surface area (Å²) in [6, 6.07) is 15.7. The third kappa shape index (κ3) is 4.23. The van der Waals surface area contributed by atoms with Gasteiger partial charge in [0.2, 0.25) is 0 Å². The zero-order valence-electron chi connectivity index (χ0n) is 20.1. The Hall–Kier alpha value is -3.80. The van der Waals surface area contributed by atoms with E-state index in [1.807, 2.05) is 31.2 Å². The molecule has 1 aromatic heterocycles. The van der Waals surface area contributed by atoms with Crippen molar-refractivity contribution < 1.29 is 23.8 Å².